The third kappa shape index (κ3) is 1.76. The molecule has 1 heterocycles. The molecular weight excluding hydrogens is 478 g/mol. The van der Waals surface area contributed by atoms with Gasteiger partial charge in [-0.15, -0.1) is 0 Å². The molecule has 0 unspecified atom stereocenters. The van der Waals surface area contributed by atoms with E-state index in [1.165, 1.54) is 0 Å². The number of para-hydroxylation sites is 1. The van der Waals surface area contributed by atoms with Crippen molar-refractivity contribution in [3.05, 3.63) is 43.5 Å². The van der Waals surface area contributed by atoms with Crippen molar-refractivity contribution in [2.45, 2.75) is 9.79 Å². The van der Waals surface area contributed by atoms with Crippen molar-refractivity contribution >= 4 is 55.0 Å². The van der Waals surface area contributed by atoms with Crippen LogP contribution in [0, 0.1) is 7.14 Å². The minimum atomic E-state index is -3.47. The fraction of sp³-hybridized carbons (Fsp3) is 0. The lowest BCUT2D eigenvalue weighted by Crippen LogP contribution is -2.12. The van der Waals surface area contributed by atoms with Gasteiger partial charge in [-0.25, -0.2) is 8.42 Å². The van der Waals surface area contributed by atoms with Crippen molar-refractivity contribution in [2.24, 2.45) is 0 Å². The molecule has 0 aliphatic carbocycles. The molecule has 92 valence electrons. The molecule has 6 heteroatoms. The van der Waals surface area contributed by atoms with Gasteiger partial charge >= 0.3 is 0 Å². The standard InChI is InChI=1S/C12H6I2O3S/c13-7-5-6-10-12(11(7)14)17-8-3-1-2-4-9(8)18(10,15)16/h1-6H. The van der Waals surface area contributed by atoms with Gasteiger partial charge in [-0.3, -0.25) is 0 Å². The van der Waals surface area contributed by atoms with Crippen LogP contribution in [0.25, 0.3) is 0 Å². The number of hydrogen-bond acceptors (Lipinski definition) is 3. The Hall–Kier alpha value is -0.350. The fourth-order valence-corrected chi connectivity index (χ4v) is 4.50. The molecule has 0 aromatic heterocycles. The Kier molecular flexibility index (Phi) is 3.06. The second-order valence-corrected chi connectivity index (χ2v) is 7.87. The van der Waals surface area contributed by atoms with E-state index in [0.29, 0.717) is 11.5 Å². The molecular formula is C12H6I2O3S. The molecule has 2 aromatic carbocycles. The van der Waals surface area contributed by atoms with Gasteiger partial charge in [0.05, 0.1) is 3.57 Å². The zero-order valence-electron chi connectivity index (χ0n) is 8.85. The lowest BCUT2D eigenvalue weighted by atomic mass is 10.3. The first kappa shape index (κ1) is 12.7. The average Bonchev–Trinajstić information content (AvgIpc) is 2.34. The number of hydrogen-bond donors (Lipinski definition) is 0. The summed E-state index contributed by atoms with van der Waals surface area (Å²) in [5.74, 6) is 0.825. The van der Waals surface area contributed by atoms with Crippen LogP contribution in [0.15, 0.2) is 46.2 Å². The Morgan fingerprint density at radius 3 is 2.44 bits per heavy atom. The molecule has 1 aliphatic rings. The van der Waals surface area contributed by atoms with E-state index >= 15 is 0 Å². The third-order valence-corrected chi connectivity index (χ3v) is 7.47. The van der Waals surface area contributed by atoms with E-state index in [-0.39, 0.29) is 9.79 Å². The molecule has 1 aliphatic heterocycles. The van der Waals surface area contributed by atoms with Gasteiger partial charge in [0.15, 0.2) is 5.75 Å². The van der Waals surface area contributed by atoms with Gasteiger partial charge in [-0.1, -0.05) is 12.1 Å². The summed E-state index contributed by atoms with van der Waals surface area (Å²) in [6.45, 7) is 0. The highest BCUT2D eigenvalue weighted by atomic mass is 127. The molecule has 0 fully saturated rings. The van der Waals surface area contributed by atoms with Crippen LogP contribution >= 0.6 is 45.2 Å². The van der Waals surface area contributed by atoms with Gasteiger partial charge in [-0.2, -0.15) is 0 Å². The van der Waals surface area contributed by atoms with Gasteiger partial charge in [0.2, 0.25) is 9.84 Å². The Balaban J connectivity index is 2.39. The van der Waals surface area contributed by atoms with Crippen LogP contribution in [0.4, 0.5) is 0 Å². The highest BCUT2D eigenvalue weighted by Crippen LogP contribution is 2.45. The predicted molar refractivity (Wildman–Crippen MR) is 83.8 cm³/mol. The van der Waals surface area contributed by atoms with Gasteiger partial charge in [0, 0.05) is 3.57 Å². The fourth-order valence-electron chi connectivity index (χ4n) is 1.81. The van der Waals surface area contributed by atoms with Crippen LogP contribution in [0.2, 0.25) is 0 Å². The Morgan fingerprint density at radius 1 is 0.944 bits per heavy atom. The van der Waals surface area contributed by atoms with E-state index in [4.69, 9.17) is 4.74 Å². The Morgan fingerprint density at radius 2 is 1.67 bits per heavy atom. The zero-order chi connectivity index (χ0) is 12.9. The van der Waals surface area contributed by atoms with Gasteiger partial charge in [0.1, 0.15) is 15.5 Å². The Bertz CT molecular complexity index is 754. The van der Waals surface area contributed by atoms with Crippen molar-refractivity contribution in [2.75, 3.05) is 0 Å². The summed E-state index contributed by atoms with van der Waals surface area (Å²) < 4.78 is 32.5. The first-order chi connectivity index (χ1) is 8.51. The summed E-state index contributed by atoms with van der Waals surface area (Å²) in [7, 11) is -3.47. The molecule has 0 bridgehead atoms. The smallest absolute Gasteiger partial charge is 0.213 e. The number of ether oxygens (including phenoxy) is 1. The highest BCUT2D eigenvalue weighted by Gasteiger charge is 2.32. The summed E-state index contributed by atoms with van der Waals surface area (Å²) >= 11 is 4.27. The number of sulfone groups is 1. The van der Waals surface area contributed by atoms with Crippen LogP contribution in [-0.4, -0.2) is 8.42 Å². The van der Waals surface area contributed by atoms with E-state index in [2.05, 4.69) is 45.2 Å². The van der Waals surface area contributed by atoms with E-state index in [1.807, 2.05) is 0 Å². The lowest BCUT2D eigenvalue weighted by molar-refractivity contribution is 0.439. The highest BCUT2D eigenvalue weighted by molar-refractivity contribution is 14.1. The van der Waals surface area contributed by atoms with Crippen molar-refractivity contribution < 1.29 is 13.2 Å². The first-order valence-corrected chi connectivity index (χ1v) is 8.66. The number of fused-ring (bicyclic) bond motifs is 2. The maximum Gasteiger partial charge on any atom is 0.213 e. The summed E-state index contributed by atoms with van der Waals surface area (Å²) in [6, 6.07) is 10.1. The summed E-state index contributed by atoms with van der Waals surface area (Å²) in [5, 5.41) is 0. The molecule has 0 N–H and O–H groups in total. The quantitative estimate of drug-likeness (QED) is 0.456. The lowest BCUT2D eigenvalue weighted by Gasteiger charge is -2.21. The van der Waals surface area contributed by atoms with Crippen molar-refractivity contribution in [3.63, 3.8) is 0 Å². The molecule has 0 saturated carbocycles. The van der Waals surface area contributed by atoms with Crippen molar-refractivity contribution in [1.82, 2.24) is 0 Å². The largest absolute Gasteiger partial charge is 0.453 e. The van der Waals surface area contributed by atoms with Gasteiger partial charge < -0.3 is 4.74 Å². The monoisotopic (exact) mass is 484 g/mol. The number of rotatable bonds is 0. The molecule has 0 amide bonds. The average molecular weight is 484 g/mol. The third-order valence-electron chi connectivity index (χ3n) is 2.65. The van der Waals surface area contributed by atoms with Crippen molar-refractivity contribution in [1.29, 1.82) is 0 Å². The molecule has 0 atom stereocenters. The van der Waals surface area contributed by atoms with E-state index in [1.54, 1.807) is 36.4 Å². The van der Waals surface area contributed by atoms with Crippen LogP contribution in [0.3, 0.4) is 0 Å². The number of benzene rings is 2. The van der Waals surface area contributed by atoms with E-state index in [9.17, 15) is 8.42 Å². The summed E-state index contributed by atoms with van der Waals surface area (Å²) in [6.07, 6.45) is 0. The minimum absolute atomic E-state index is 0.231. The zero-order valence-corrected chi connectivity index (χ0v) is 14.0. The molecule has 18 heavy (non-hydrogen) atoms. The SMILES string of the molecule is O=S1(=O)c2ccccc2Oc2c1ccc(I)c2I. The van der Waals surface area contributed by atoms with Crippen LogP contribution in [0.5, 0.6) is 11.5 Å². The van der Waals surface area contributed by atoms with Crippen molar-refractivity contribution in [3.8, 4) is 11.5 Å². The molecule has 0 radical (unpaired) electrons. The topological polar surface area (TPSA) is 43.4 Å². The van der Waals surface area contributed by atoms with Crippen LogP contribution in [0.1, 0.15) is 0 Å². The van der Waals surface area contributed by atoms with Crippen LogP contribution in [-0.2, 0) is 9.84 Å². The Labute approximate surface area is 132 Å². The van der Waals surface area contributed by atoms with E-state index in [0.717, 1.165) is 7.14 Å². The second-order valence-electron chi connectivity index (χ2n) is 3.74. The molecule has 3 nitrogen and oxygen atoms in total. The second kappa shape index (κ2) is 4.34. The maximum atomic E-state index is 12.5. The van der Waals surface area contributed by atoms with Gasteiger partial charge in [0.25, 0.3) is 0 Å². The normalized spacial score (nSPS) is 15.4. The minimum Gasteiger partial charge on any atom is -0.453 e. The molecule has 2 aromatic rings. The molecule has 0 saturated heterocycles. The maximum absolute atomic E-state index is 12.5. The number of halogens is 2. The first-order valence-electron chi connectivity index (χ1n) is 5.02. The summed E-state index contributed by atoms with van der Waals surface area (Å²) in [4.78, 5) is 0.473. The molecule has 0 spiro atoms. The molecule has 3 rings (SSSR count). The van der Waals surface area contributed by atoms with E-state index < -0.39 is 9.84 Å². The predicted octanol–water partition coefficient (Wildman–Crippen LogP) is 3.83. The van der Waals surface area contributed by atoms with Crippen LogP contribution < -0.4 is 4.74 Å². The van der Waals surface area contributed by atoms with Gasteiger partial charge in [-0.05, 0) is 69.4 Å². The summed E-state index contributed by atoms with van der Waals surface area (Å²) in [5.41, 5.74) is 0.